The molecule has 2 atom stereocenters. The number of nitrogens with zero attached hydrogens (tertiary/aromatic N) is 2. The van der Waals surface area contributed by atoms with E-state index in [1.165, 1.54) is 12.0 Å². The van der Waals surface area contributed by atoms with Crippen LogP contribution in [-0.2, 0) is 11.2 Å². The molecule has 0 bridgehead atoms. The summed E-state index contributed by atoms with van der Waals surface area (Å²) in [4.78, 5) is 17.8. The van der Waals surface area contributed by atoms with Crippen LogP contribution >= 0.6 is 0 Å². The van der Waals surface area contributed by atoms with E-state index < -0.39 is 0 Å². The lowest BCUT2D eigenvalue weighted by Gasteiger charge is -2.39. The number of carbonyl (C=O) groups excluding carboxylic acids is 1. The Hall–Kier alpha value is -1.39. The smallest absolute Gasteiger partial charge is 0.244 e. The molecule has 132 valence electrons. The van der Waals surface area contributed by atoms with Gasteiger partial charge >= 0.3 is 0 Å². The van der Waals surface area contributed by atoms with Gasteiger partial charge in [-0.25, -0.2) is 0 Å². The van der Waals surface area contributed by atoms with Gasteiger partial charge in [0.25, 0.3) is 0 Å². The Morgan fingerprint density at radius 2 is 1.92 bits per heavy atom. The van der Waals surface area contributed by atoms with Crippen LogP contribution in [0, 0.1) is 5.92 Å². The summed E-state index contributed by atoms with van der Waals surface area (Å²) >= 11 is 0. The molecule has 2 fully saturated rings. The van der Waals surface area contributed by atoms with Crippen LogP contribution in [-0.4, -0.2) is 55.0 Å². The number of piperazine rings is 1. The molecule has 4 heteroatoms. The molecule has 3 rings (SSSR count). The highest BCUT2D eigenvalue weighted by Crippen LogP contribution is 2.27. The van der Waals surface area contributed by atoms with Gasteiger partial charge < -0.3 is 10.2 Å². The zero-order valence-electron chi connectivity index (χ0n) is 15.1. The van der Waals surface area contributed by atoms with Gasteiger partial charge in [0, 0.05) is 39.3 Å². The van der Waals surface area contributed by atoms with Crippen molar-refractivity contribution in [2.45, 2.75) is 39.2 Å². The van der Waals surface area contributed by atoms with E-state index in [0.717, 1.165) is 57.7 Å². The minimum Gasteiger partial charge on any atom is -0.341 e. The van der Waals surface area contributed by atoms with Gasteiger partial charge in [-0.15, -0.1) is 0 Å². The number of rotatable bonds is 4. The minimum atomic E-state index is -0.122. The summed E-state index contributed by atoms with van der Waals surface area (Å²) in [5, 5.41) is 3.40. The van der Waals surface area contributed by atoms with E-state index in [1.54, 1.807) is 0 Å². The minimum absolute atomic E-state index is 0.122. The number of amides is 1. The van der Waals surface area contributed by atoms with Gasteiger partial charge in [-0.05, 0) is 36.3 Å². The third-order valence-electron chi connectivity index (χ3n) is 5.42. The van der Waals surface area contributed by atoms with E-state index >= 15 is 0 Å². The summed E-state index contributed by atoms with van der Waals surface area (Å²) in [6, 6.07) is 8.56. The van der Waals surface area contributed by atoms with Crippen molar-refractivity contribution < 1.29 is 4.79 Å². The second-order valence-electron chi connectivity index (χ2n) is 7.32. The molecule has 2 aliphatic heterocycles. The van der Waals surface area contributed by atoms with Crippen molar-refractivity contribution in [3.05, 3.63) is 35.4 Å². The van der Waals surface area contributed by atoms with Crippen molar-refractivity contribution in [3.63, 3.8) is 0 Å². The van der Waals surface area contributed by atoms with E-state index in [4.69, 9.17) is 0 Å². The van der Waals surface area contributed by atoms with E-state index in [2.05, 4.69) is 53.2 Å². The lowest BCUT2D eigenvalue weighted by atomic mass is 9.96. The summed E-state index contributed by atoms with van der Waals surface area (Å²) in [5.41, 5.74) is 2.48. The van der Waals surface area contributed by atoms with Crippen molar-refractivity contribution >= 4 is 5.91 Å². The SMILES string of the molecule is CCc1ccc(C(C(=O)N2CCCC(C)C2)N2CCNCC2)cc1. The first kappa shape index (κ1) is 17.4. The first-order valence-corrected chi connectivity index (χ1v) is 9.51. The van der Waals surface area contributed by atoms with Crippen molar-refractivity contribution in [3.8, 4) is 0 Å². The maximum Gasteiger partial charge on any atom is 0.244 e. The van der Waals surface area contributed by atoms with E-state index in [1.807, 2.05) is 0 Å². The molecular formula is C20H31N3O. The molecule has 2 aliphatic rings. The normalized spacial score (nSPS) is 23.9. The zero-order chi connectivity index (χ0) is 16.9. The highest BCUT2D eigenvalue weighted by atomic mass is 16.2. The van der Waals surface area contributed by atoms with Crippen LogP contribution in [0.2, 0.25) is 0 Å². The number of likely N-dealkylation sites (tertiary alicyclic amines) is 1. The molecule has 1 aromatic rings. The average Bonchev–Trinajstić information content (AvgIpc) is 2.63. The molecule has 24 heavy (non-hydrogen) atoms. The number of hydrogen-bond acceptors (Lipinski definition) is 3. The van der Waals surface area contributed by atoms with Gasteiger partial charge in [0.15, 0.2) is 0 Å². The van der Waals surface area contributed by atoms with Gasteiger partial charge in [-0.3, -0.25) is 9.69 Å². The second kappa shape index (κ2) is 8.13. The Morgan fingerprint density at radius 3 is 2.54 bits per heavy atom. The van der Waals surface area contributed by atoms with Crippen molar-refractivity contribution in [2.75, 3.05) is 39.3 Å². The molecule has 0 radical (unpaired) electrons. The number of carbonyl (C=O) groups is 1. The predicted octanol–water partition coefficient (Wildman–Crippen LogP) is 2.45. The van der Waals surface area contributed by atoms with Crippen LogP contribution < -0.4 is 5.32 Å². The lowest BCUT2D eigenvalue weighted by Crippen LogP contribution is -2.51. The molecule has 2 unspecified atom stereocenters. The Kier molecular flexibility index (Phi) is 5.90. The number of benzene rings is 1. The Labute approximate surface area is 146 Å². The maximum atomic E-state index is 13.4. The van der Waals surface area contributed by atoms with Crippen LogP contribution in [0.5, 0.6) is 0 Å². The molecule has 0 aliphatic carbocycles. The number of nitrogens with one attached hydrogen (secondary N) is 1. The molecular weight excluding hydrogens is 298 g/mol. The average molecular weight is 329 g/mol. The summed E-state index contributed by atoms with van der Waals surface area (Å²) < 4.78 is 0. The third kappa shape index (κ3) is 3.98. The Morgan fingerprint density at radius 1 is 1.21 bits per heavy atom. The first-order valence-electron chi connectivity index (χ1n) is 9.51. The predicted molar refractivity (Wildman–Crippen MR) is 98.0 cm³/mol. The third-order valence-corrected chi connectivity index (χ3v) is 5.42. The van der Waals surface area contributed by atoms with Crippen LogP contribution in [0.1, 0.15) is 43.9 Å². The molecule has 1 N–H and O–H groups in total. The molecule has 0 spiro atoms. The van der Waals surface area contributed by atoms with Gasteiger partial charge in [0.1, 0.15) is 6.04 Å². The summed E-state index contributed by atoms with van der Waals surface area (Å²) in [5.74, 6) is 0.918. The van der Waals surface area contributed by atoms with Gasteiger partial charge in [0.2, 0.25) is 5.91 Å². The molecule has 4 nitrogen and oxygen atoms in total. The van der Waals surface area contributed by atoms with Crippen molar-refractivity contribution in [1.29, 1.82) is 0 Å². The highest BCUT2D eigenvalue weighted by molar-refractivity contribution is 5.83. The van der Waals surface area contributed by atoms with E-state index in [9.17, 15) is 4.79 Å². The molecule has 1 aromatic carbocycles. The van der Waals surface area contributed by atoms with E-state index in [-0.39, 0.29) is 6.04 Å². The summed E-state index contributed by atoms with van der Waals surface area (Å²) in [6.07, 6.45) is 3.42. The maximum absolute atomic E-state index is 13.4. The topological polar surface area (TPSA) is 35.6 Å². The van der Waals surface area contributed by atoms with Gasteiger partial charge in [-0.2, -0.15) is 0 Å². The lowest BCUT2D eigenvalue weighted by molar-refractivity contribution is -0.139. The standard InChI is InChI=1S/C20H31N3O/c1-3-17-6-8-18(9-7-17)19(22-13-10-21-11-14-22)20(24)23-12-4-5-16(2)15-23/h6-9,16,19,21H,3-5,10-15H2,1-2H3. The monoisotopic (exact) mass is 329 g/mol. The molecule has 0 saturated carbocycles. The van der Waals surface area contributed by atoms with Crippen LogP contribution in [0.3, 0.4) is 0 Å². The number of aryl methyl sites for hydroxylation is 1. The number of hydrogen-bond donors (Lipinski definition) is 1. The number of piperidine rings is 1. The Bertz CT molecular complexity index is 536. The summed E-state index contributed by atoms with van der Waals surface area (Å²) in [6.45, 7) is 10.1. The molecule has 2 saturated heterocycles. The molecule has 2 heterocycles. The second-order valence-corrected chi connectivity index (χ2v) is 7.32. The van der Waals surface area contributed by atoms with Gasteiger partial charge in [0.05, 0.1) is 0 Å². The van der Waals surface area contributed by atoms with Crippen molar-refractivity contribution in [1.82, 2.24) is 15.1 Å². The fourth-order valence-electron chi connectivity index (χ4n) is 3.95. The van der Waals surface area contributed by atoms with Crippen LogP contribution in [0.4, 0.5) is 0 Å². The zero-order valence-corrected chi connectivity index (χ0v) is 15.1. The Balaban J connectivity index is 1.84. The summed E-state index contributed by atoms with van der Waals surface area (Å²) in [7, 11) is 0. The van der Waals surface area contributed by atoms with Crippen LogP contribution in [0.15, 0.2) is 24.3 Å². The van der Waals surface area contributed by atoms with Crippen LogP contribution in [0.25, 0.3) is 0 Å². The fraction of sp³-hybridized carbons (Fsp3) is 0.650. The molecule has 1 amide bonds. The quantitative estimate of drug-likeness (QED) is 0.922. The molecule has 0 aromatic heterocycles. The van der Waals surface area contributed by atoms with Gasteiger partial charge in [-0.1, -0.05) is 38.1 Å². The largest absolute Gasteiger partial charge is 0.341 e. The van der Waals surface area contributed by atoms with Crippen molar-refractivity contribution in [2.24, 2.45) is 5.92 Å². The fourth-order valence-corrected chi connectivity index (χ4v) is 3.95. The first-order chi connectivity index (χ1) is 11.7. The van der Waals surface area contributed by atoms with E-state index in [0.29, 0.717) is 11.8 Å². The highest BCUT2D eigenvalue weighted by Gasteiger charge is 2.33.